The maximum atomic E-state index is 12.9. The summed E-state index contributed by atoms with van der Waals surface area (Å²) in [7, 11) is 0. The van der Waals surface area contributed by atoms with Gasteiger partial charge in [0.15, 0.2) is 0 Å². The first kappa shape index (κ1) is 88.7. The SMILES string of the molecule is [2H]C([2H])(C)C(=O)[C@@]1([2H])CC[C@H]2[C@@H]3CC[C@H]4C[C@]([2H])(O)CC[C@@H]4[C@H]3CC[C@@]21C.[2H][C@@]1(O)CC[C@H]2[C@@H](CC[C@@H]3[C@@H]2CC[C@]2(C)[C@@H](C(C)=O)CC[C@@H]32)C1.[2H][C@@]1(O)CC[C@]2(C)[C@H]3CC[C@@]4(C)[C@@H](CC[C@]4([2H])C(C)=O)[C@@H]3CC[C@]2([2H])C1.[2H][C@@]1(O)CC[C@]2(C)[C@H]3CC[C@]4(C)[C@@H](C(C)=O)CC[C@H]4[C@@H]3CC[C@]2([2H])C1.[2H][C@@]12CC[C@H]3[C@@H]4CC[C@]([2H])(C(C)=O)[C@@]4(C)CC[C@@H]3[C@@]1(C)CC[C@@H](O)C2.[2H][C@]12CC[C@H]3[C@@H]4CC[C@H](C(C)=O)[C@@]4(C)CC[C@@H]3[C@@]1(C)CC[C@@](C)(O)C2. The van der Waals surface area contributed by atoms with E-state index in [0.29, 0.717) is 207 Å². The van der Waals surface area contributed by atoms with Gasteiger partial charge in [-0.3, -0.25) is 28.8 Å². The second kappa shape index (κ2) is 39.3. The molecule has 48 atom stereocenters. The zero-order valence-corrected chi connectivity index (χ0v) is 89.8. The van der Waals surface area contributed by atoms with Crippen molar-refractivity contribution in [3.8, 4) is 0 Å². The highest BCUT2D eigenvalue weighted by molar-refractivity contribution is 5.83. The minimum atomic E-state index is -1.95. The summed E-state index contributed by atoms with van der Waals surface area (Å²) in [6.07, 6.45) is 41.5. The summed E-state index contributed by atoms with van der Waals surface area (Å²) < 4.78 is 112. The van der Waals surface area contributed by atoms with Gasteiger partial charge in [-0.25, -0.2) is 0 Å². The van der Waals surface area contributed by atoms with Crippen LogP contribution >= 0.6 is 0 Å². The van der Waals surface area contributed by atoms with E-state index in [1.54, 1.807) is 34.6 Å². The molecular formula is C126H204O12. The van der Waals surface area contributed by atoms with Crippen molar-refractivity contribution in [2.75, 3.05) is 0 Å². The van der Waals surface area contributed by atoms with Crippen molar-refractivity contribution in [3.63, 3.8) is 0 Å². The van der Waals surface area contributed by atoms with Gasteiger partial charge in [-0.2, -0.15) is 0 Å². The molecule has 780 valence electrons. The van der Waals surface area contributed by atoms with Crippen LogP contribution in [0.1, 0.15) is 489 Å². The van der Waals surface area contributed by atoms with Crippen molar-refractivity contribution in [2.24, 2.45) is 243 Å². The molecule has 0 amide bonds. The Kier molecular flexibility index (Phi) is 25.2. The van der Waals surface area contributed by atoms with Gasteiger partial charge in [0.1, 0.15) is 34.7 Å². The predicted octanol–water partition coefficient (Wildman–Crippen LogP) is 27.6. The summed E-state index contributed by atoms with van der Waals surface area (Å²) in [6.45, 7) is 34.7. The summed E-state index contributed by atoms with van der Waals surface area (Å²) in [4.78, 5) is 74.1. The highest BCUT2D eigenvalue weighted by Gasteiger charge is 2.69. The molecule has 0 aromatic rings. The van der Waals surface area contributed by atoms with E-state index in [1.165, 1.54) is 58.3 Å². The number of fused-ring (bicyclic) bond motifs is 30. The number of carbonyl (C=O) groups excluding carboxylic acids is 6. The highest BCUT2D eigenvalue weighted by Crippen LogP contribution is 2.75. The monoisotopic (exact) mass is 1920 g/mol. The van der Waals surface area contributed by atoms with Crippen LogP contribution < -0.4 is 0 Å². The molecule has 24 saturated carbocycles. The van der Waals surface area contributed by atoms with E-state index in [9.17, 15) is 60.8 Å². The molecule has 0 unspecified atom stereocenters. The van der Waals surface area contributed by atoms with E-state index in [-0.39, 0.29) is 84.7 Å². The Balaban J connectivity index is 0.000000114. The Morgan fingerprint density at radius 3 is 0.920 bits per heavy atom. The van der Waals surface area contributed by atoms with Crippen molar-refractivity contribution in [1.29, 1.82) is 0 Å². The minimum Gasteiger partial charge on any atom is -0.393 e. The lowest BCUT2D eigenvalue weighted by molar-refractivity contribution is -0.150. The van der Waals surface area contributed by atoms with Gasteiger partial charge in [0.25, 0.3) is 0 Å². The maximum absolute atomic E-state index is 12.9. The lowest BCUT2D eigenvalue weighted by atomic mass is 9.44. The Hall–Kier alpha value is -2.22. The fourth-order valence-corrected chi connectivity index (χ4v) is 44.0. The third kappa shape index (κ3) is 17.8. The van der Waals surface area contributed by atoms with Crippen LogP contribution in [0.3, 0.4) is 0 Å². The molecule has 24 aliphatic rings. The standard InChI is InChI=1S/C22H36O2.4C21H34O2.C20H32O2/c1-14(23)17-7-8-18-16-6-5-15-13-20(2,24)11-12-21(15,3)19(16)9-10-22(17,18)4;3*1-13(22)17-6-7-18-16-5-4-14-12-15(23)8-10-20(14,2)19(16)9-11-21(17,18)3;1-3-20(23)19-9-8-18-17-6-4-13-12-14(22)5-7-15(13)16(17)10-11-21(18,19)2;1-12(21)18-7-8-19-17-5-3-13-11-14(22)4-6-15(13)16(17)9-10-20(18,19)2/h15-19,24H,5-13H2,1-4H3;3*14-19,23H,4-12H2,1-3H3;13-19,22H,3-12H2,1-2H3;13-19,22H,3-11H2,1-2H3/t15-,16+,17-,18+,19+,20-,21+,22-;14-,15+,16-,17+,18-,19-,20-,21+;2*14-,15-,16+,17-,18+,19+,20+,21-;13-,14+,15-,16+,17+,18-,19+,21-;13-,14+,15-,16+,17+,18+,19-,20+/m101100/s1/i15D;14D,17D;14D,15D,17D;14D,15D;3D2,14D,19D;14D. The average Bonchev–Trinajstić information content (AvgIpc) is 1.69. The van der Waals surface area contributed by atoms with E-state index < -0.39 is 88.7 Å². The summed E-state index contributed by atoms with van der Waals surface area (Å²) in [5.74, 6) is 8.79. The van der Waals surface area contributed by atoms with Crippen molar-refractivity contribution in [2.45, 2.75) is 507 Å². The molecule has 0 bridgehead atoms. The molecule has 0 radical (unpaired) electrons. The van der Waals surface area contributed by atoms with Crippen LogP contribution in [0.15, 0.2) is 0 Å². The second-order valence-electron chi connectivity index (χ2n) is 56.3. The summed E-state index contributed by atoms with van der Waals surface area (Å²) in [5, 5.41) is 61.7. The Morgan fingerprint density at radius 2 is 0.529 bits per heavy atom. The fourth-order valence-electron chi connectivity index (χ4n) is 44.0. The highest BCUT2D eigenvalue weighted by atomic mass is 16.3. The molecule has 24 aliphatic carbocycles. The van der Waals surface area contributed by atoms with Crippen molar-refractivity contribution < 1.29 is 77.2 Å². The first-order valence-corrected chi connectivity index (χ1v) is 58.6. The van der Waals surface area contributed by atoms with Crippen LogP contribution in [0, 0.1) is 243 Å². The third-order valence-corrected chi connectivity index (χ3v) is 51.1. The van der Waals surface area contributed by atoms with Gasteiger partial charge in [0.2, 0.25) is 0 Å². The lowest BCUT2D eigenvalue weighted by Gasteiger charge is -2.61. The number of aliphatic hydroxyl groups excluding tert-OH is 1. The van der Waals surface area contributed by atoms with Crippen LogP contribution in [0.5, 0.6) is 0 Å². The minimum absolute atomic E-state index is 0.0139. The number of hydrogen-bond donors (Lipinski definition) is 6. The quantitative estimate of drug-likeness (QED) is 0.140. The van der Waals surface area contributed by atoms with Gasteiger partial charge >= 0.3 is 0 Å². The Bertz CT molecular complexity index is 5020. The zero-order chi connectivity index (χ0) is 110. The number of rotatable bonds is 7. The molecule has 0 aromatic heterocycles. The van der Waals surface area contributed by atoms with Gasteiger partial charge in [0, 0.05) is 54.1 Å². The molecule has 24 fully saturated rings. The number of carbonyl (C=O) groups is 6. The predicted molar refractivity (Wildman–Crippen MR) is 551 cm³/mol. The first-order valence-electron chi connectivity index (χ1n) is 65.1. The molecule has 12 heteroatoms. The molecule has 0 heterocycles. The molecule has 0 aromatic carbocycles. The molecule has 0 spiro atoms. The van der Waals surface area contributed by atoms with Crippen LogP contribution in [-0.4, -0.2) is 101 Å². The second-order valence-corrected chi connectivity index (χ2v) is 56.3. The Labute approximate surface area is 857 Å². The number of ketones is 6. The molecule has 12 nitrogen and oxygen atoms in total. The normalized spacial score (nSPS) is 62.4. The average molecular weight is 1920 g/mol. The van der Waals surface area contributed by atoms with Gasteiger partial charge in [-0.15, -0.1) is 0 Å². The maximum Gasteiger partial charge on any atom is 0.136 e. The molecule has 0 saturated heterocycles. The molecule has 6 N–H and O–H groups in total. The van der Waals surface area contributed by atoms with Crippen molar-refractivity contribution >= 4 is 34.7 Å². The summed E-state index contributed by atoms with van der Waals surface area (Å²) in [5.41, 5.74) is -1.11. The first-order chi connectivity index (χ1) is 69.7. The van der Waals surface area contributed by atoms with E-state index in [0.717, 1.165) is 236 Å². The molecule has 138 heavy (non-hydrogen) atoms. The fraction of sp³-hybridized carbons (Fsp3) is 0.952. The van der Waals surface area contributed by atoms with E-state index in [4.69, 9.17) is 16.4 Å². The van der Waals surface area contributed by atoms with E-state index in [1.807, 2.05) is 6.92 Å². The third-order valence-electron chi connectivity index (χ3n) is 51.1. The van der Waals surface area contributed by atoms with Gasteiger partial charge in [-0.05, 0) is 596 Å². The van der Waals surface area contributed by atoms with Crippen LogP contribution in [0.4, 0.5) is 0 Å². The van der Waals surface area contributed by atoms with Gasteiger partial charge < -0.3 is 30.6 Å². The topological polar surface area (TPSA) is 224 Å². The zero-order valence-electron chi connectivity index (χ0n) is 103. The van der Waals surface area contributed by atoms with Crippen molar-refractivity contribution in [3.05, 3.63) is 0 Å². The molecule has 0 aliphatic heterocycles. The van der Waals surface area contributed by atoms with Crippen LogP contribution in [-0.2, 0) is 28.8 Å². The lowest BCUT2D eigenvalue weighted by Crippen LogP contribution is -2.55. The summed E-state index contributed by atoms with van der Waals surface area (Å²) >= 11 is 0. The van der Waals surface area contributed by atoms with Gasteiger partial charge in [-0.1, -0.05) is 76.2 Å². The van der Waals surface area contributed by atoms with Gasteiger partial charge in [0.05, 0.1) is 41.5 Å². The smallest absolute Gasteiger partial charge is 0.136 e. The number of aliphatic hydroxyl groups is 6. The largest absolute Gasteiger partial charge is 0.393 e. The summed E-state index contributed by atoms with van der Waals surface area (Å²) in [6, 6.07) is 0. The number of hydrogen-bond acceptors (Lipinski definition) is 12. The van der Waals surface area contributed by atoms with Crippen molar-refractivity contribution in [1.82, 2.24) is 0 Å². The number of Topliss-reactive ketones (excluding diaryl/α,β-unsaturated/α-hetero) is 6. The Morgan fingerprint density at radius 1 is 0.246 bits per heavy atom. The van der Waals surface area contributed by atoms with E-state index in [2.05, 4.69) is 69.2 Å². The van der Waals surface area contributed by atoms with Crippen LogP contribution in [0.2, 0.25) is 0 Å². The molecular weight excluding hydrogens is 1710 g/mol. The van der Waals surface area contributed by atoms with Crippen LogP contribution in [0.25, 0.3) is 0 Å². The van der Waals surface area contributed by atoms with E-state index >= 15 is 0 Å². The molecule has 24 rings (SSSR count).